The second kappa shape index (κ2) is 6.63. The third-order valence-corrected chi connectivity index (χ3v) is 4.95. The van der Waals surface area contributed by atoms with Gasteiger partial charge < -0.3 is 4.74 Å². The summed E-state index contributed by atoms with van der Waals surface area (Å²) in [4.78, 5) is 0. The van der Waals surface area contributed by atoms with Gasteiger partial charge in [-0.05, 0) is 46.0 Å². The molecule has 0 atom stereocenters. The normalized spacial score (nSPS) is 18.9. The summed E-state index contributed by atoms with van der Waals surface area (Å²) in [6.07, 6.45) is 6.23. The average Bonchev–Trinajstić information content (AvgIpc) is 2.77. The first-order valence-electron chi connectivity index (χ1n) is 6.69. The van der Waals surface area contributed by atoms with Crippen molar-refractivity contribution in [3.05, 3.63) is 0 Å². The summed E-state index contributed by atoms with van der Waals surface area (Å²) in [5.74, 6) is 2.02. The standard InChI is InChI=1S/C14H26Cl2O/c1-13(2,3)17-9-8-14(10-15,11-16)12-6-4-5-7-12/h12H,4-11H2,1-3H3. The summed E-state index contributed by atoms with van der Waals surface area (Å²) in [6.45, 7) is 7.03. The molecule has 0 radical (unpaired) electrons. The minimum Gasteiger partial charge on any atom is -0.376 e. The van der Waals surface area contributed by atoms with Crippen molar-refractivity contribution in [2.24, 2.45) is 11.3 Å². The Bertz CT molecular complexity index is 213. The average molecular weight is 281 g/mol. The number of ether oxygens (including phenoxy) is 1. The van der Waals surface area contributed by atoms with E-state index >= 15 is 0 Å². The second-order valence-corrected chi connectivity index (χ2v) is 6.86. The summed E-state index contributed by atoms with van der Waals surface area (Å²) in [5, 5.41) is 0. The molecule has 1 fully saturated rings. The Balaban J connectivity index is 2.52. The molecule has 0 heterocycles. The summed E-state index contributed by atoms with van der Waals surface area (Å²) in [6, 6.07) is 0. The summed E-state index contributed by atoms with van der Waals surface area (Å²) < 4.78 is 5.83. The van der Waals surface area contributed by atoms with E-state index in [1.165, 1.54) is 25.7 Å². The Morgan fingerprint density at radius 3 is 2.00 bits per heavy atom. The van der Waals surface area contributed by atoms with Crippen LogP contribution in [-0.4, -0.2) is 24.0 Å². The fourth-order valence-corrected chi connectivity index (χ4v) is 3.68. The highest BCUT2D eigenvalue weighted by Gasteiger charge is 2.38. The Hall–Kier alpha value is 0.540. The fourth-order valence-electron chi connectivity index (χ4n) is 2.69. The molecule has 0 aromatic carbocycles. The van der Waals surface area contributed by atoms with Gasteiger partial charge in [0.05, 0.1) is 5.60 Å². The van der Waals surface area contributed by atoms with Gasteiger partial charge in [0.2, 0.25) is 0 Å². The van der Waals surface area contributed by atoms with Crippen molar-refractivity contribution in [2.45, 2.75) is 58.5 Å². The fraction of sp³-hybridized carbons (Fsp3) is 1.00. The summed E-state index contributed by atoms with van der Waals surface area (Å²) >= 11 is 12.4. The van der Waals surface area contributed by atoms with Gasteiger partial charge in [-0.15, -0.1) is 23.2 Å². The van der Waals surface area contributed by atoms with E-state index in [4.69, 9.17) is 27.9 Å². The molecule has 17 heavy (non-hydrogen) atoms. The van der Waals surface area contributed by atoms with Crippen molar-refractivity contribution in [1.82, 2.24) is 0 Å². The molecule has 1 rings (SSSR count). The molecule has 0 spiro atoms. The number of halogens is 2. The highest BCUT2D eigenvalue weighted by molar-refractivity contribution is 6.21. The van der Waals surface area contributed by atoms with Gasteiger partial charge in [-0.1, -0.05) is 12.8 Å². The second-order valence-electron chi connectivity index (χ2n) is 6.32. The lowest BCUT2D eigenvalue weighted by Gasteiger charge is -2.36. The molecule has 1 nitrogen and oxygen atoms in total. The Morgan fingerprint density at radius 1 is 1.06 bits per heavy atom. The zero-order valence-corrected chi connectivity index (χ0v) is 12.9. The van der Waals surface area contributed by atoms with Gasteiger partial charge in [-0.3, -0.25) is 0 Å². The maximum atomic E-state index is 6.21. The minimum atomic E-state index is -0.0694. The van der Waals surface area contributed by atoms with E-state index in [0.717, 1.165) is 13.0 Å². The molecule has 1 saturated carbocycles. The number of hydrogen-bond acceptors (Lipinski definition) is 1. The summed E-state index contributed by atoms with van der Waals surface area (Å²) in [5.41, 5.74) is 0.0188. The van der Waals surface area contributed by atoms with E-state index in [-0.39, 0.29) is 11.0 Å². The van der Waals surface area contributed by atoms with Gasteiger partial charge in [0.25, 0.3) is 0 Å². The van der Waals surface area contributed by atoms with Gasteiger partial charge in [0.15, 0.2) is 0 Å². The van der Waals surface area contributed by atoms with Crippen molar-refractivity contribution in [3.8, 4) is 0 Å². The smallest absolute Gasteiger partial charge is 0.0598 e. The van der Waals surface area contributed by atoms with Gasteiger partial charge >= 0.3 is 0 Å². The van der Waals surface area contributed by atoms with E-state index in [1.54, 1.807) is 0 Å². The van der Waals surface area contributed by atoms with Crippen molar-refractivity contribution in [2.75, 3.05) is 18.4 Å². The maximum absolute atomic E-state index is 6.21. The SMILES string of the molecule is CC(C)(C)OCCC(CCl)(CCl)C1CCCC1. The van der Waals surface area contributed by atoms with E-state index in [2.05, 4.69) is 20.8 Å². The molecule has 0 unspecified atom stereocenters. The quantitative estimate of drug-likeness (QED) is 0.633. The van der Waals surface area contributed by atoms with Crippen LogP contribution in [0.1, 0.15) is 52.9 Å². The van der Waals surface area contributed by atoms with Crippen molar-refractivity contribution >= 4 is 23.2 Å². The first-order valence-corrected chi connectivity index (χ1v) is 7.76. The van der Waals surface area contributed by atoms with Crippen molar-refractivity contribution in [3.63, 3.8) is 0 Å². The molecule has 0 N–H and O–H groups in total. The van der Waals surface area contributed by atoms with Crippen LogP contribution in [0.25, 0.3) is 0 Å². The molecular weight excluding hydrogens is 255 g/mol. The van der Waals surface area contributed by atoms with Gasteiger partial charge in [-0.25, -0.2) is 0 Å². The molecule has 3 heteroatoms. The van der Waals surface area contributed by atoms with E-state index in [9.17, 15) is 0 Å². The molecule has 102 valence electrons. The van der Waals surface area contributed by atoms with Crippen LogP contribution in [0.2, 0.25) is 0 Å². The van der Waals surface area contributed by atoms with Crippen LogP contribution < -0.4 is 0 Å². The van der Waals surface area contributed by atoms with Crippen LogP contribution in [0, 0.1) is 11.3 Å². The van der Waals surface area contributed by atoms with Crippen LogP contribution in [0.4, 0.5) is 0 Å². The predicted molar refractivity (Wildman–Crippen MR) is 76.2 cm³/mol. The van der Waals surface area contributed by atoms with Crippen LogP contribution in [0.15, 0.2) is 0 Å². The number of rotatable bonds is 6. The lowest BCUT2D eigenvalue weighted by molar-refractivity contribution is -0.0206. The van der Waals surface area contributed by atoms with Crippen LogP contribution in [-0.2, 0) is 4.74 Å². The predicted octanol–water partition coefficient (Wildman–Crippen LogP) is 4.85. The van der Waals surface area contributed by atoms with Crippen LogP contribution >= 0.6 is 23.2 Å². The molecule has 0 amide bonds. The molecule has 0 aromatic rings. The largest absolute Gasteiger partial charge is 0.376 e. The molecular formula is C14H26Cl2O. The van der Waals surface area contributed by atoms with Gasteiger partial charge in [-0.2, -0.15) is 0 Å². The third-order valence-electron chi connectivity index (χ3n) is 3.89. The molecule has 0 bridgehead atoms. The molecule has 1 aliphatic rings. The summed E-state index contributed by atoms with van der Waals surface area (Å²) in [7, 11) is 0. The van der Waals surface area contributed by atoms with Gasteiger partial charge in [0, 0.05) is 23.8 Å². The lowest BCUT2D eigenvalue weighted by atomic mass is 9.75. The van der Waals surface area contributed by atoms with E-state index in [1.807, 2.05) is 0 Å². The first-order chi connectivity index (χ1) is 7.93. The molecule has 0 saturated heterocycles. The highest BCUT2D eigenvalue weighted by atomic mass is 35.5. The van der Waals surface area contributed by atoms with E-state index < -0.39 is 0 Å². The first kappa shape index (κ1) is 15.6. The Morgan fingerprint density at radius 2 is 1.59 bits per heavy atom. The molecule has 1 aliphatic carbocycles. The molecule has 0 aromatic heterocycles. The Labute approximate surface area is 116 Å². The van der Waals surface area contributed by atoms with Crippen molar-refractivity contribution < 1.29 is 4.74 Å². The minimum absolute atomic E-state index is 0.0694. The zero-order chi connectivity index (χ0) is 12.9. The third kappa shape index (κ3) is 4.61. The maximum Gasteiger partial charge on any atom is 0.0598 e. The topological polar surface area (TPSA) is 9.23 Å². The van der Waals surface area contributed by atoms with Crippen molar-refractivity contribution in [1.29, 1.82) is 0 Å². The van der Waals surface area contributed by atoms with E-state index in [0.29, 0.717) is 17.7 Å². The number of hydrogen-bond donors (Lipinski definition) is 0. The highest BCUT2D eigenvalue weighted by Crippen LogP contribution is 2.44. The molecule has 0 aliphatic heterocycles. The monoisotopic (exact) mass is 280 g/mol. The van der Waals surface area contributed by atoms with Crippen LogP contribution in [0.3, 0.4) is 0 Å². The number of alkyl halides is 2. The Kier molecular flexibility index (Phi) is 6.09. The lowest BCUT2D eigenvalue weighted by Crippen LogP contribution is -2.35. The van der Waals surface area contributed by atoms with Gasteiger partial charge in [0.1, 0.15) is 0 Å². The van der Waals surface area contributed by atoms with Crippen LogP contribution in [0.5, 0.6) is 0 Å². The zero-order valence-electron chi connectivity index (χ0n) is 11.4.